The number of aromatic nitrogens is 2. The van der Waals surface area contributed by atoms with E-state index in [1.165, 1.54) is 0 Å². The van der Waals surface area contributed by atoms with E-state index in [4.69, 9.17) is 4.74 Å². The lowest BCUT2D eigenvalue weighted by Gasteiger charge is -2.06. The van der Waals surface area contributed by atoms with Gasteiger partial charge in [-0.3, -0.25) is 0 Å². The maximum Gasteiger partial charge on any atom is 0.338 e. The minimum atomic E-state index is -0.312. The van der Waals surface area contributed by atoms with Gasteiger partial charge in [0.2, 0.25) is 0 Å². The van der Waals surface area contributed by atoms with Crippen molar-refractivity contribution in [1.82, 2.24) is 9.97 Å². The van der Waals surface area contributed by atoms with Crippen LogP contribution in [0, 0.1) is 0 Å². The Labute approximate surface area is 93.3 Å². The number of hydrogen-bond donors (Lipinski definition) is 1. The number of benzene rings is 1. The number of aromatic amines is 1. The van der Waals surface area contributed by atoms with Crippen LogP contribution in [0.4, 0.5) is 0 Å². The van der Waals surface area contributed by atoms with Crippen molar-refractivity contribution in [3.8, 4) is 11.3 Å². The van der Waals surface area contributed by atoms with E-state index >= 15 is 0 Å². The van der Waals surface area contributed by atoms with Gasteiger partial charge in [-0.15, -0.1) is 0 Å². The number of carbonyl (C=O) groups excluding carboxylic acids is 1. The fraction of sp³-hybridized carbons (Fsp3) is 0.167. The highest BCUT2D eigenvalue weighted by Crippen LogP contribution is 2.21. The maximum absolute atomic E-state index is 11.7. The van der Waals surface area contributed by atoms with Gasteiger partial charge in [0.05, 0.1) is 30.4 Å². The topological polar surface area (TPSA) is 55.0 Å². The van der Waals surface area contributed by atoms with Crippen molar-refractivity contribution in [2.75, 3.05) is 6.61 Å². The summed E-state index contributed by atoms with van der Waals surface area (Å²) in [5.41, 5.74) is 2.16. The first-order valence-corrected chi connectivity index (χ1v) is 5.08. The van der Waals surface area contributed by atoms with Gasteiger partial charge < -0.3 is 9.72 Å². The Morgan fingerprint density at radius 1 is 1.44 bits per heavy atom. The third-order valence-corrected chi connectivity index (χ3v) is 2.21. The van der Waals surface area contributed by atoms with Crippen molar-refractivity contribution in [2.45, 2.75) is 6.92 Å². The molecule has 4 heteroatoms. The van der Waals surface area contributed by atoms with Crippen molar-refractivity contribution in [1.29, 1.82) is 0 Å². The zero-order chi connectivity index (χ0) is 11.4. The van der Waals surface area contributed by atoms with Crippen molar-refractivity contribution in [3.63, 3.8) is 0 Å². The lowest BCUT2D eigenvalue weighted by Crippen LogP contribution is -2.06. The van der Waals surface area contributed by atoms with Crippen LogP contribution < -0.4 is 0 Å². The molecule has 16 heavy (non-hydrogen) atoms. The Balaban J connectivity index is 2.42. The summed E-state index contributed by atoms with van der Waals surface area (Å²) in [6, 6.07) is 7.29. The van der Waals surface area contributed by atoms with Crippen LogP contribution in [0.1, 0.15) is 17.3 Å². The van der Waals surface area contributed by atoms with Crippen LogP contribution in [0.2, 0.25) is 0 Å². The molecular formula is C12H12N2O2. The minimum Gasteiger partial charge on any atom is -0.462 e. The third-order valence-electron chi connectivity index (χ3n) is 2.21. The number of esters is 1. The molecule has 0 spiro atoms. The molecule has 0 aliphatic carbocycles. The fourth-order valence-electron chi connectivity index (χ4n) is 1.51. The van der Waals surface area contributed by atoms with E-state index in [9.17, 15) is 4.79 Å². The molecule has 0 aliphatic rings. The molecule has 0 radical (unpaired) electrons. The first-order valence-electron chi connectivity index (χ1n) is 5.08. The van der Waals surface area contributed by atoms with Gasteiger partial charge in [0.15, 0.2) is 0 Å². The SMILES string of the molecule is CCOC(=O)c1ccccc1-c1cnc[nH]1. The summed E-state index contributed by atoms with van der Waals surface area (Å²) < 4.78 is 4.99. The highest BCUT2D eigenvalue weighted by molar-refractivity contribution is 5.96. The summed E-state index contributed by atoms with van der Waals surface area (Å²) >= 11 is 0. The van der Waals surface area contributed by atoms with Crippen molar-refractivity contribution < 1.29 is 9.53 Å². The van der Waals surface area contributed by atoms with E-state index in [0.29, 0.717) is 12.2 Å². The second-order valence-electron chi connectivity index (χ2n) is 3.23. The van der Waals surface area contributed by atoms with Crippen molar-refractivity contribution in [3.05, 3.63) is 42.4 Å². The summed E-state index contributed by atoms with van der Waals surface area (Å²) in [4.78, 5) is 18.6. The maximum atomic E-state index is 11.7. The molecule has 0 unspecified atom stereocenters. The Morgan fingerprint density at radius 2 is 2.25 bits per heavy atom. The van der Waals surface area contributed by atoms with Gasteiger partial charge in [0.1, 0.15) is 0 Å². The number of hydrogen-bond acceptors (Lipinski definition) is 3. The molecule has 1 N–H and O–H groups in total. The van der Waals surface area contributed by atoms with Gasteiger partial charge in [-0.1, -0.05) is 18.2 Å². The number of carbonyl (C=O) groups is 1. The number of nitrogens with one attached hydrogen (secondary N) is 1. The third kappa shape index (κ3) is 1.95. The number of imidazole rings is 1. The zero-order valence-corrected chi connectivity index (χ0v) is 8.93. The molecule has 0 fully saturated rings. The molecule has 0 saturated heterocycles. The van der Waals surface area contributed by atoms with Crippen molar-refractivity contribution >= 4 is 5.97 Å². The van der Waals surface area contributed by atoms with Gasteiger partial charge in [-0.2, -0.15) is 0 Å². The number of H-pyrrole nitrogens is 1. The minimum absolute atomic E-state index is 0.312. The summed E-state index contributed by atoms with van der Waals surface area (Å²) in [6.07, 6.45) is 3.26. The quantitative estimate of drug-likeness (QED) is 0.800. The van der Waals surface area contributed by atoms with Gasteiger partial charge in [0, 0.05) is 5.56 Å². The summed E-state index contributed by atoms with van der Waals surface area (Å²) in [6.45, 7) is 2.16. The molecule has 0 saturated carbocycles. The fourth-order valence-corrected chi connectivity index (χ4v) is 1.51. The van der Waals surface area contributed by atoms with Crippen molar-refractivity contribution in [2.24, 2.45) is 0 Å². The largest absolute Gasteiger partial charge is 0.462 e. The van der Waals surface area contributed by atoms with Crippen LogP contribution in [0.25, 0.3) is 11.3 Å². The standard InChI is InChI=1S/C12H12N2O2/c1-2-16-12(15)10-6-4-3-5-9(10)11-7-13-8-14-11/h3-8H,2H2,1H3,(H,13,14). The first kappa shape index (κ1) is 10.4. The number of nitrogens with zero attached hydrogens (tertiary/aromatic N) is 1. The lowest BCUT2D eigenvalue weighted by atomic mass is 10.1. The van der Waals surface area contributed by atoms with Gasteiger partial charge >= 0.3 is 5.97 Å². The first-order chi connectivity index (χ1) is 7.83. The predicted octanol–water partition coefficient (Wildman–Crippen LogP) is 2.25. The predicted molar refractivity (Wildman–Crippen MR) is 60.0 cm³/mol. The molecular weight excluding hydrogens is 204 g/mol. The van der Waals surface area contributed by atoms with E-state index in [2.05, 4.69) is 9.97 Å². The van der Waals surface area contributed by atoms with Crippen LogP contribution in [0.3, 0.4) is 0 Å². The molecule has 0 bridgehead atoms. The number of rotatable bonds is 3. The molecule has 2 rings (SSSR count). The number of ether oxygens (including phenoxy) is 1. The lowest BCUT2D eigenvalue weighted by molar-refractivity contribution is 0.0527. The molecule has 2 aromatic rings. The molecule has 0 amide bonds. The summed E-state index contributed by atoms with van der Waals surface area (Å²) in [5.74, 6) is -0.312. The van der Waals surface area contributed by atoms with E-state index < -0.39 is 0 Å². The summed E-state index contributed by atoms with van der Waals surface area (Å²) in [7, 11) is 0. The molecule has 1 heterocycles. The zero-order valence-electron chi connectivity index (χ0n) is 8.93. The summed E-state index contributed by atoms with van der Waals surface area (Å²) in [5, 5.41) is 0. The Kier molecular flexibility index (Phi) is 3.00. The molecule has 82 valence electrons. The van der Waals surface area contributed by atoms with E-state index in [1.807, 2.05) is 18.2 Å². The Bertz CT molecular complexity index is 478. The van der Waals surface area contributed by atoms with Gasteiger partial charge in [-0.05, 0) is 13.0 Å². The smallest absolute Gasteiger partial charge is 0.338 e. The average molecular weight is 216 g/mol. The van der Waals surface area contributed by atoms with E-state index in [1.54, 1.807) is 25.5 Å². The molecule has 0 atom stereocenters. The molecule has 1 aromatic carbocycles. The monoisotopic (exact) mass is 216 g/mol. The Hall–Kier alpha value is -2.10. The second kappa shape index (κ2) is 4.61. The highest BCUT2D eigenvalue weighted by atomic mass is 16.5. The van der Waals surface area contributed by atoms with Crippen LogP contribution in [0.5, 0.6) is 0 Å². The highest BCUT2D eigenvalue weighted by Gasteiger charge is 2.13. The molecule has 1 aromatic heterocycles. The molecule has 0 aliphatic heterocycles. The molecule has 4 nitrogen and oxygen atoms in total. The average Bonchev–Trinajstić information content (AvgIpc) is 2.83. The van der Waals surface area contributed by atoms with Crippen LogP contribution >= 0.6 is 0 Å². The van der Waals surface area contributed by atoms with E-state index in [0.717, 1.165) is 11.3 Å². The van der Waals surface area contributed by atoms with Crippen LogP contribution in [-0.2, 0) is 4.74 Å². The van der Waals surface area contributed by atoms with E-state index in [-0.39, 0.29) is 5.97 Å². The van der Waals surface area contributed by atoms with Gasteiger partial charge in [-0.25, -0.2) is 9.78 Å². The van der Waals surface area contributed by atoms with Crippen LogP contribution in [0.15, 0.2) is 36.8 Å². The normalized spacial score (nSPS) is 10.1. The van der Waals surface area contributed by atoms with Crippen LogP contribution in [-0.4, -0.2) is 22.5 Å². The van der Waals surface area contributed by atoms with Gasteiger partial charge in [0.25, 0.3) is 0 Å². The second-order valence-corrected chi connectivity index (χ2v) is 3.23. The Morgan fingerprint density at radius 3 is 2.94 bits per heavy atom.